The molecule has 25 heavy (non-hydrogen) atoms. The van der Waals surface area contributed by atoms with Crippen LogP contribution < -0.4 is 0 Å². The molecule has 2 amide bonds. The molecule has 2 aliphatic rings. The standard InChI is InChI=1S/C19H25ClN2O3/c1-13-11-22(12-14(2)25-13)19(24)16-7-9-21(10-8-16)18(23)15-3-5-17(20)6-4-15/h3-6,13-14,16H,7-12H2,1-2H3/t13-,14+. The minimum absolute atomic E-state index is 0.00627. The van der Waals surface area contributed by atoms with Crippen LogP contribution in [0.2, 0.25) is 5.02 Å². The lowest BCUT2D eigenvalue weighted by Crippen LogP contribution is -2.51. The third-order valence-corrected chi connectivity index (χ3v) is 5.21. The summed E-state index contributed by atoms with van der Waals surface area (Å²) in [6.45, 7) is 6.56. The maximum Gasteiger partial charge on any atom is 0.253 e. The molecule has 6 heteroatoms. The van der Waals surface area contributed by atoms with E-state index in [-0.39, 0.29) is 29.9 Å². The fraction of sp³-hybridized carbons (Fsp3) is 0.579. The van der Waals surface area contributed by atoms with Gasteiger partial charge in [0.2, 0.25) is 5.91 Å². The van der Waals surface area contributed by atoms with Gasteiger partial charge in [0.1, 0.15) is 0 Å². The number of amides is 2. The van der Waals surface area contributed by atoms with Crippen molar-refractivity contribution in [2.24, 2.45) is 5.92 Å². The third-order valence-electron chi connectivity index (χ3n) is 4.95. The second-order valence-corrected chi connectivity index (χ2v) is 7.51. The maximum atomic E-state index is 12.8. The van der Waals surface area contributed by atoms with Crippen LogP contribution in [0.5, 0.6) is 0 Å². The van der Waals surface area contributed by atoms with Gasteiger partial charge in [-0.3, -0.25) is 9.59 Å². The average molecular weight is 365 g/mol. The summed E-state index contributed by atoms with van der Waals surface area (Å²) in [4.78, 5) is 29.1. The van der Waals surface area contributed by atoms with Crippen LogP contribution >= 0.6 is 11.6 Å². The SMILES string of the molecule is C[C@@H]1CN(C(=O)C2CCN(C(=O)c3ccc(Cl)cc3)CC2)C[C@H](C)O1. The Labute approximate surface area is 153 Å². The summed E-state index contributed by atoms with van der Waals surface area (Å²) in [5.74, 6) is 0.226. The number of piperidine rings is 1. The van der Waals surface area contributed by atoms with Crippen LogP contribution in [0.25, 0.3) is 0 Å². The minimum Gasteiger partial charge on any atom is -0.372 e. The Bertz CT molecular complexity index is 616. The Balaban J connectivity index is 1.55. The molecule has 136 valence electrons. The Hall–Kier alpha value is -1.59. The predicted molar refractivity (Wildman–Crippen MR) is 96.7 cm³/mol. The monoisotopic (exact) mass is 364 g/mol. The summed E-state index contributed by atoms with van der Waals surface area (Å²) in [5, 5.41) is 0.620. The number of ether oxygens (including phenoxy) is 1. The van der Waals surface area contributed by atoms with E-state index in [0.717, 1.165) is 12.8 Å². The molecule has 2 aliphatic heterocycles. The molecule has 2 atom stereocenters. The summed E-state index contributed by atoms with van der Waals surface area (Å²) in [6.07, 6.45) is 1.61. The molecule has 1 aromatic rings. The van der Waals surface area contributed by atoms with Crippen molar-refractivity contribution in [3.63, 3.8) is 0 Å². The molecule has 5 nitrogen and oxygen atoms in total. The van der Waals surface area contributed by atoms with E-state index < -0.39 is 0 Å². The zero-order valence-corrected chi connectivity index (χ0v) is 15.5. The van der Waals surface area contributed by atoms with E-state index in [2.05, 4.69) is 0 Å². The van der Waals surface area contributed by atoms with Crippen LogP contribution in [0, 0.1) is 5.92 Å². The number of hydrogen-bond acceptors (Lipinski definition) is 3. The van der Waals surface area contributed by atoms with Gasteiger partial charge in [-0.2, -0.15) is 0 Å². The third kappa shape index (κ3) is 4.33. The molecule has 0 saturated carbocycles. The molecule has 0 aliphatic carbocycles. The highest BCUT2D eigenvalue weighted by molar-refractivity contribution is 6.30. The smallest absolute Gasteiger partial charge is 0.253 e. The lowest BCUT2D eigenvalue weighted by molar-refractivity contribution is -0.148. The molecule has 0 spiro atoms. The number of benzene rings is 1. The number of nitrogens with zero attached hydrogens (tertiary/aromatic N) is 2. The normalized spacial score (nSPS) is 25.1. The Kier molecular flexibility index (Phi) is 5.64. The molecule has 2 fully saturated rings. The lowest BCUT2D eigenvalue weighted by atomic mass is 9.94. The van der Waals surface area contributed by atoms with Crippen LogP contribution in [-0.4, -0.2) is 60.0 Å². The first-order valence-corrected chi connectivity index (χ1v) is 9.31. The van der Waals surface area contributed by atoms with Crippen LogP contribution in [0.15, 0.2) is 24.3 Å². The van der Waals surface area contributed by atoms with Gasteiger partial charge in [-0.05, 0) is 51.0 Å². The van der Waals surface area contributed by atoms with Gasteiger partial charge in [0.15, 0.2) is 0 Å². The second kappa shape index (κ2) is 7.75. The van der Waals surface area contributed by atoms with E-state index in [4.69, 9.17) is 16.3 Å². The molecule has 0 N–H and O–H groups in total. The van der Waals surface area contributed by atoms with E-state index in [0.29, 0.717) is 36.8 Å². The molecule has 1 aromatic carbocycles. The van der Waals surface area contributed by atoms with Gasteiger partial charge in [0.05, 0.1) is 12.2 Å². The number of carbonyl (C=O) groups excluding carboxylic acids is 2. The Morgan fingerprint density at radius 2 is 1.56 bits per heavy atom. The average Bonchev–Trinajstić information content (AvgIpc) is 2.60. The molecule has 0 radical (unpaired) electrons. The van der Waals surface area contributed by atoms with E-state index in [1.54, 1.807) is 24.3 Å². The Morgan fingerprint density at radius 1 is 1.00 bits per heavy atom. The van der Waals surface area contributed by atoms with Crippen LogP contribution in [0.1, 0.15) is 37.0 Å². The van der Waals surface area contributed by atoms with Crippen molar-refractivity contribution in [2.75, 3.05) is 26.2 Å². The quantitative estimate of drug-likeness (QED) is 0.810. The van der Waals surface area contributed by atoms with Crippen molar-refractivity contribution in [2.45, 2.75) is 38.9 Å². The van der Waals surface area contributed by atoms with Gasteiger partial charge in [-0.1, -0.05) is 11.6 Å². The van der Waals surface area contributed by atoms with Crippen LogP contribution in [-0.2, 0) is 9.53 Å². The van der Waals surface area contributed by atoms with Crippen molar-refractivity contribution in [3.05, 3.63) is 34.9 Å². The number of hydrogen-bond donors (Lipinski definition) is 0. The fourth-order valence-electron chi connectivity index (χ4n) is 3.72. The van der Waals surface area contributed by atoms with Crippen LogP contribution in [0.3, 0.4) is 0 Å². The van der Waals surface area contributed by atoms with Gasteiger partial charge in [0, 0.05) is 42.7 Å². The van der Waals surface area contributed by atoms with E-state index >= 15 is 0 Å². The summed E-state index contributed by atoms with van der Waals surface area (Å²) < 4.78 is 5.70. The first-order chi connectivity index (χ1) is 11.9. The number of carbonyl (C=O) groups is 2. The first-order valence-electron chi connectivity index (χ1n) is 8.93. The van der Waals surface area contributed by atoms with Crippen LogP contribution in [0.4, 0.5) is 0 Å². The molecule has 0 aromatic heterocycles. The number of morpholine rings is 1. The van der Waals surface area contributed by atoms with Crippen molar-refractivity contribution in [3.8, 4) is 0 Å². The summed E-state index contributed by atoms with van der Waals surface area (Å²) in [5.41, 5.74) is 0.644. The second-order valence-electron chi connectivity index (χ2n) is 7.07. The zero-order valence-electron chi connectivity index (χ0n) is 14.8. The highest BCUT2D eigenvalue weighted by atomic mass is 35.5. The van der Waals surface area contributed by atoms with E-state index in [1.165, 1.54) is 0 Å². The number of rotatable bonds is 2. The topological polar surface area (TPSA) is 49.9 Å². The molecule has 0 bridgehead atoms. The van der Waals surface area contributed by atoms with Crippen molar-refractivity contribution < 1.29 is 14.3 Å². The fourth-order valence-corrected chi connectivity index (χ4v) is 3.85. The molecular formula is C19H25ClN2O3. The van der Waals surface area contributed by atoms with Gasteiger partial charge in [0.25, 0.3) is 5.91 Å². The lowest BCUT2D eigenvalue weighted by Gasteiger charge is -2.39. The molecular weight excluding hydrogens is 340 g/mol. The van der Waals surface area contributed by atoms with Gasteiger partial charge < -0.3 is 14.5 Å². The maximum absolute atomic E-state index is 12.8. The molecule has 3 rings (SSSR count). The van der Waals surface area contributed by atoms with Gasteiger partial charge in [-0.25, -0.2) is 0 Å². The van der Waals surface area contributed by atoms with E-state index in [1.807, 2.05) is 23.6 Å². The number of halogens is 1. The summed E-state index contributed by atoms with van der Waals surface area (Å²) in [7, 11) is 0. The number of likely N-dealkylation sites (tertiary alicyclic amines) is 1. The van der Waals surface area contributed by atoms with Gasteiger partial charge in [-0.15, -0.1) is 0 Å². The summed E-state index contributed by atoms with van der Waals surface area (Å²) >= 11 is 5.87. The predicted octanol–water partition coefficient (Wildman–Crippen LogP) is 2.83. The first kappa shape index (κ1) is 18.2. The molecule has 2 saturated heterocycles. The van der Waals surface area contributed by atoms with Crippen molar-refractivity contribution >= 4 is 23.4 Å². The highest BCUT2D eigenvalue weighted by Gasteiger charge is 2.33. The van der Waals surface area contributed by atoms with Crippen molar-refractivity contribution in [1.29, 1.82) is 0 Å². The summed E-state index contributed by atoms with van der Waals surface area (Å²) in [6, 6.07) is 6.95. The highest BCUT2D eigenvalue weighted by Crippen LogP contribution is 2.23. The van der Waals surface area contributed by atoms with Gasteiger partial charge >= 0.3 is 0 Å². The van der Waals surface area contributed by atoms with E-state index in [9.17, 15) is 9.59 Å². The molecule has 2 heterocycles. The van der Waals surface area contributed by atoms with Crippen molar-refractivity contribution in [1.82, 2.24) is 9.80 Å². The Morgan fingerprint density at radius 3 is 2.12 bits per heavy atom. The zero-order chi connectivity index (χ0) is 18.0. The molecule has 0 unspecified atom stereocenters. The largest absolute Gasteiger partial charge is 0.372 e. The minimum atomic E-state index is 0.00627.